The standard InChI is InChI=1S/C21H21N3O2/c1-13-4-3-5-14(2)18(13)20-22-19(23-21(25)24-20)16-8-10-17(11-9-16)26-12-15-6-7-15/h3-5,8-11,15H,6-7,12H2,1-2H3,(H,22,23,24,25). The summed E-state index contributed by atoms with van der Waals surface area (Å²) in [5.41, 5.74) is 3.46. The number of ether oxygens (including phenoxy) is 1. The second-order valence-corrected chi connectivity index (χ2v) is 6.87. The molecule has 1 saturated carbocycles. The summed E-state index contributed by atoms with van der Waals surface area (Å²) in [6.07, 6.45) is 2.53. The SMILES string of the molecule is Cc1cccc(C)c1-c1nc(-c2ccc(OCC3CC3)cc2)nc(=O)[nH]1. The molecule has 132 valence electrons. The first kappa shape index (κ1) is 16.5. The molecule has 0 amide bonds. The van der Waals surface area contributed by atoms with Crippen molar-refractivity contribution in [2.24, 2.45) is 5.92 Å². The molecule has 1 heterocycles. The Kier molecular flexibility index (Phi) is 4.29. The molecule has 0 bridgehead atoms. The predicted molar refractivity (Wildman–Crippen MR) is 101 cm³/mol. The molecule has 0 aliphatic heterocycles. The number of aromatic amines is 1. The highest BCUT2D eigenvalue weighted by atomic mass is 16.5. The minimum atomic E-state index is -0.401. The smallest absolute Gasteiger partial charge is 0.348 e. The molecule has 1 aliphatic rings. The van der Waals surface area contributed by atoms with Gasteiger partial charge >= 0.3 is 5.69 Å². The molecule has 0 radical (unpaired) electrons. The van der Waals surface area contributed by atoms with E-state index in [4.69, 9.17) is 4.74 Å². The molecule has 5 nitrogen and oxygen atoms in total. The number of hydrogen-bond acceptors (Lipinski definition) is 4. The molecule has 26 heavy (non-hydrogen) atoms. The van der Waals surface area contributed by atoms with E-state index in [0.29, 0.717) is 17.6 Å². The van der Waals surface area contributed by atoms with Gasteiger partial charge in [0.1, 0.15) is 11.6 Å². The molecule has 5 heteroatoms. The van der Waals surface area contributed by atoms with Crippen LogP contribution in [-0.4, -0.2) is 21.6 Å². The van der Waals surface area contributed by atoms with Gasteiger partial charge in [0.2, 0.25) is 0 Å². The molecule has 0 saturated heterocycles. The maximum atomic E-state index is 12.1. The van der Waals surface area contributed by atoms with E-state index in [1.54, 1.807) is 0 Å². The van der Waals surface area contributed by atoms with Gasteiger partial charge in [-0.1, -0.05) is 18.2 Å². The molecule has 4 rings (SSSR count). The number of rotatable bonds is 5. The van der Waals surface area contributed by atoms with Crippen LogP contribution >= 0.6 is 0 Å². The number of nitrogens with one attached hydrogen (secondary N) is 1. The van der Waals surface area contributed by atoms with Crippen LogP contribution in [0.3, 0.4) is 0 Å². The molecule has 2 aromatic carbocycles. The molecule has 1 aliphatic carbocycles. The van der Waals surface area contributed by atoms with Crippen LogP contribution in [0.5, 0.6) is 5.75 Å². The summed E-state index contributed by atoms with van der Waals surface area (Å²) in [6, 6.07) is 13.6. The highest BCUT2D eigenvalue weighted by molar-refractivity contribution is 5.66. The number of aromatic nitrogens is 3. The molecular weight excluding hydrogens is 326 g/mol. The zero-order valence-electron chi connectivity index (χ0n) is 15.0. The van der Waals surface area contributed by atoms with Crippen LogP contribution in [-0.2, 0) is 0 Å². The van der Waals surface area contributed by atoms with Gasteiger partial charge in [0, 0.05) is 11.1 Å². The van der Waals surface area contributed by atoms with Gasteiger partial charge in [-0.25, -0.2) is 9.78 Å². The van der Waals surface area contributed by atoms with Crippen molar-refractivity contribution in [2.75, 3.05) is 6.61 Å². The van der Waals surface area contributed by atoms with E-state index >= 15 is 0 Å². The van der Waals surface area contributed by atoms with E-state index in [2.05, 4.69) is 15.0 Å². The number of hydrogen-bond donors (Lipinski definition) is 1. The van der Waals surface area contributed by atoms with Crippen molar-refractivity contribution >= 4 is 0 Å². The van der Waals surface area contributed by atoms with Gasteiger partial charge in [-0.2, -0.15) is 4.98 Å². The van der Waals surface area contributed by atoms with Crippen LogP contribution < -0.4 is 10.4 Å². The Balaban J connectivity index is 1.66. The first-order valence-corrected chi connectivity index (χ1v) is 8.88. The summed E-state index contributed by atoms with van der Waals surface area (Å²) in [7, 11) is 0. The molecule has 1 aromatic heterocycles. The number of benzene rings is 2. The first-order valence-electron chi connectivity index (χ1n) is 8.88. The van der Waals surface area contributed by atoms with Crippen LogP contribution in [0.15, 0.2) is 47.3 Å². The van der Waals surface area contributed by atoms with Crippen molar-refractivity contribution in [3.05, 3.63) is 64.1 Å². The number of aryl methyl sites for hydroxylation is 2. The molecular formula is C21H21N3O2. The largest absolute Gasteiger partial charge is 0.493 e. The first-order chi connectivity index (χ1) is 12.6. The van der Waals surface area contributed by atoms with Gasteiger partial charge in [0.15, 0.2) is 5.82 Å². The van der Waals surface area contributed by atoms with Gasteiger partial charge in [-0.3, -0.25) is 4.98 Å². The van der Waals surface area contributed by atoms with E-state index in [1.165, 1.54) is 12.8 Å². The highest BCUT2D eigenvalue weighted by Crippen LogP contribution is 2.30. The molecule has 0 atom stereocenters. The fraction of sp³-hybridized carbons (Fsp3) is 0.286. The third kappa shape index (κ3) is 3.52. The fourth-order valence-corrected chi connectivity index (χ4v) is 3.02. The van der Waals surface area contributed by atoms with Crippen molar-refractivity contribution in [1.29, 1.82) is 0 Å². The maximum Gasteiger partial charge on any atom is 0.348 e. The molecule has 1 N–H and O–H groups in total. The minimum absolute atomic E-state index is 0.401. The van der Waals surface area contributed by atoms with Gasteiger partial charge in [0.05, 0.1) is 6.61 Å². The van der Waals surface area contributed by atoms with E-state index in [9.17, 15) is 4.79 Å². The monoisotopic (exact) mass is 347 g/mol. The third-order valence-corrected chi connectivity index (χ3v) is 4.66. The van der Waals surface area contributed by atoms with E-state index in [0.717, 1.165) is 34.6 Å². The van der Waals surface area contributed by atoms with Gasteiger partial charge < -0.3 is 4.74 Å². The van der Waals surface area contributed by atoms with Gasteiger partial charge in [0.25, 0.3) is 0 Å². The van der Waals surface area contributed by atoms with Crippen LogP contribution in [0.2, 0.25) is 0 Å². The lowest BCUT2D eigenvalue weighted by atomic mass is 10.0. The zero-order valence-corrected chi connectivity index (χ0v) is 15.0. The summed E-state index contributed by atoms with van der Waals surface area (Å²) in [5, 5.41) is 0. The van der Waals surface area contributed by atoms with Gasteiger partial charge in [-0.05, 0) is 68.0 Å². The lowest BCUT2D eigenvalue weighted by molar-refractivity contribution is 0.300. The highest BCUT2D eigenvalue weighted by Gasteiger charge is 2.21. The molecule has 1 fully saturated rings. The maximum absolute atomic E-state index is 12.1. The Morgan fingerprint density at radius 2 is 1.73 bits per heavy atom. The van der Waals surface area contributed by atoms with E-state index in [1.807, 2.05) is 56.3 Å². The van der Waals surface area contributed by atoms with E-state index in [-0.39, 0.29) is 0 Å². The van der Waals surface area contributed by atoms with Crippen LogP contribution in [0, 0.1) is 19.8 Å². The zero-order chi connectivity index (χ0) is 18.1. The number of nitrogens with zero attached hydrogens (tertiary/aromatic N) is 2. The fourth-order valence-electron chi connectivity index (χ4n) is 3.02. The van der Waals surface area contributed by atoms with Gasteiger partial charge in [-0.15, -0.1) is 0 Å². The second-order valence-electron chi connectivity index (χ2n) is 6.87. The summed E-state index contributed by atoms with van der Waals surface area (Å²) < 4.78 is 5.76. The van der Waals surface area contributed by atoms with Crippen molar-refractivity contribution in [3.63, 3.8) is 0 Å². The lowest BCUT2D eigenvalue weighted by Crippen LogP contribution is -2.15. The quantitative estimate of drug-likeness (QED) is 0.760. The third-order valence-electron chi connectivity index (χ3n) is 4.66. The summed E-state index contributed by atoms with van der Waals surface area (Å²) in [6.45, 7) is 4.79. The summed E-state index contributed by atoms with van der Waals surface area (Å²) >= 11 is 0. The minimum Gasteiger partial charge on any atom is -0.493 e. The van der Waals surface area contributed by atoms with Crippen molar-refractivity contribution in [3.8, 4) is 28.5 Å². The Hall–Kier alpha value is -2.95. The molecule has 0 unspecified atom stereocenters. The second kappa shape index (κ2) is 6.75. The molecule has 0 spiro atoms. The van der Waals surface area contributed by atoms with Crippen LogP contribution in [0.1, 0.15) is 24.0 Å². The molecule has 3 aromatic rings. The Bertz CT molecular complexity index is 969. The average Bonchev–Trinajstić information content (AvgIpc) is 3.44. The van der Waals surface area contributed by atoms with Crippen LogP contribution in [0.4, 0.5) is 0 Å². The summed E-state index contributed by atoms with van der Waals surface area (Å²) in [5.74, 6) is 2.51. The topological polar surface area (TPSA) is 67.9 Å². The van der Waals surface area contributed by atoms with Crippen molar-refractivity contribution in [2.45, 2.75) is 26.7 Å². The number of H-pyrrole nitrogens is 1. The Morgan fingerprint density at radius 3 is 2.38 bits per heavy atom. The Labute approximate surface area is 152 Å². The van der Waals surface area contributed by atoms with Crippen LogP contribution in [0.25, 0.3) is 22.8 Å². The van der Waals surface area contributed by atoms with E-state index < -0.39 is 5.69 Å². The van der Waals surface area contributed by atoms with Crippen molar-refractivity contribution in [1.82, 2.24) is 15.0 Å². The average molecular weight is 347 g/mol. The summed E-state index contributed by atoms with van der Waals surface area (Å²) in [4.78, 5) is 23.5. The Morgan fingerprint density at radius 1 is 1.04 bits per heavy atom. The lowest BCUT2D eigenvalue weighted by Gasteiger charge is -2.10. The predicted octanol–water partition coefficient (Wildman–Crippen LogP) is 3.90. The van der Waals surface area contributed by atoms with Crippen molar-refractivity contribution < 1.29 is 4.74 Å². The normalized spacial score (nSPS) is 13.6.